The van der Waals surface area contributed by atoms with E-state index in [0.717, 1.165) is 18.7 Å². The Kier molecular flexibility index (Phi) is 4.36. The minimum absolute atomic E-state index is 0.0833. The third kappa shape index (κ3) is 3.68. The van der Waals surface area contributed by atoms with Crippen molar-refractivity contribution < 1.29 is 9.52 Å². The SMILES string of the molecule is CCC(NCC(C)(C)CO)c1ccco1. The molecule has 1 unspecified atom stereocenters. The standard InChI is InChI=1S/C12H21NO2/c1-4-10(11-6-5-7-15-11)13-8-12(2,3)9-14/h5-7,10,13-14H,4,8-9H2,1-3H3. The Balaban J connectivity index is 2.49. The molecular formula is C12H21NO2. The molecule has 0 aliphatic heterocycles. The largest absolute Gasteiger partial charge is 0.468 e. The van der Waals surface area contributed by atoms with Crippen molar-refractivity contribution in [2.75, 3.05) is 13.2 Å². The first-order chi connectivity index (χ1) is 7.09. The predicted molar refractivity (Wildman–Crippen MR) is 60.6 cm³/mol. The van der Waals surface area contributed by atoms with Gasteiger partial charge in [-0.05, 0) is 18.6 Å². The fourth-order valence-corrected chi connectivity index (χ4v) is 1.39. The van der Waals surface area contributed by atoms with Crippen LogP contribution in [0.3, 0.4) is 0 Å². The van der Waals surface area contributed by atoms with Gasteiger partial charge in [-0.2, -0.15) is 0 Å². The highest BCUT2D eigenvalue weighted by Crippen LogP contribution is 2.19. The van der Waals surface area contributed by atoms with Gasteiger partial charge in [-0.3, -0.25) is 0 Å². The molecule has 0 spiro atoms. The van der Waals surface area contributed by atoms with Gasteiger partial charge in [0.1, 0.15) is 5.76 Å². The third-order valence-corrected chi connectivity index (χ3v) is 2.55. The molecule has 0 bridgehead atoms. The number of furan rings is 1. The lowest BCUT2D eigenvalue weighted by atomic mass is 9.94. The van der Waals surface area contributed by atoms with E-state index in [-0.39, 0.29) is 18.1 Å². The van der Waals surface area contributed by atoms with Crippen molar-refractivity contribution >= 4 is 0 Å². The van der Waals surface area contributed by atoms with Crippen LogP contribution < -0.4 is 5.32 Å². The zero-order valence-electron chi connectivity index (χ0n) is 9.79. The average molecular weight is 211 g/mol. The van der Waals surface area contributed by atoms with Crippen LogP contribution in [-0.2, 0) is 0 Å². The number of rotatable bonds is 6. The Labute approximate surface area is 91.5 Å². The molecule has 1 aromatic heterocycles. The molecule has 0 saturated carbocycles. The Morgan fingerprint density at radius 1 is 1.53 bits per heavy atom. The number of hydrogen-bond donors (Lipinski definition) is 2. The summed E-state index contributed by atoms with van der Waals surface area (Å²) in [7, 11) is 0. The van der Waals surface area contributed by atoms with E-state index in [1.807, 2.05) is 26.0 Å². The van der Waals surface area contributed by atoms with Crippen LogP contribution in [0.2, 0.25) is 0 Å². The Morgan fingerprint density at radius 3 is 2.73 bits per heavy atom. The minimum atomic E-state index is -0.0833. The summed E-state index contributed by atoms with van der Waals surface area (Å²) in [6.45, 7) is 7.16. The summed E-state index contributed by atoms with van der Waals surface area (Å²) in [5, 5.41) is 12.6. The van der Waals surface area contributed by atoms with Gasteiger partial charge in [0.2, 0.25) is 0 Å². The maximum atomic E-state index is 9.15. The molecular weight excluding hydrogens is 190 g/mol. The van der Waals surface area contributed by atoms with E-state index in [1.165, 1.54) is 0 Å². The van der Waals surface area contributed by atoms with Gasteiger partial charge in [-0.15, -0.1) is 0 Å². The molecule has 1 aromatic rings. The lowest BCUT2D eigenvalue weighted by Gasteiger charge is -2.25. The number of aliphatic hydroxyl groups excluding tert-OH is 1. The van der Waals surface area contributed by atoms with Gasteiger partial charge in [0.15, 0.2) is 0 Å². The van der Waals surface area contributed by atoms with Crippen LogP contribution in [0.1, 0.15) is 39.0 Å². The highest BCUT2D eigenvalue weighted by atomic mass is 16.3. The molecule has 0 fully saturated rings. The molecule has 3 nitrogen and oxygen atoms in total. The summed E-state index contributed by atoms with van der Waals surface area (Å²) in [5.74, 6) is 0.964. The smallest absolute Gasteiger partial charge is 0.120 e. The van der Waals surface area contributed by atoms with Crippen molar-refractivity contribution in [1.82, 2.24) is 5.32 Å². The van der Waals surface area contributed by atoms with Crippen molar-refractivity contribution in [1.29, 1.82) is 0 Å². The molecule has 0 amide bonds. The molecule has 1 rings (SSSR count). The Bertz CT molecular complexity index is 267. The summed E-state index contributed by atoms with van der Waals surface area (Å²) in [6, 6.07) is 4.12. The van der Waals surface area contributed by atoms with E-state index in [1.54, 1.807) is 6.26 Å². The molecule has 0 aromatic carbocycles. The molecule has 0 radical (unpaired) electrons. The minimum Gasteiger partial charge on any atom is -0.468 e. The molecule has 2 N–H and O–H groups in total. The third-order valence-electron chi connectivity index (χ3n) is 2.55. The lowest BCUT2D eigenvalue weighted by Crippen LogP contribution is -2.34. The van der Waals surface area contributed by atoms with E-state index in [4.69, 9.17) is 9.52 Å². The second-order valence-electron chi connectivity index (χ2n) is 4.68. The van der Waals surface area contributed by atoms with Gasteiger partial charge < -0.3 is 14.8 Å². The topological polar surface area (TPSA) is 45.4 Å². The van der Waals surface area contributed by atoms with Crippen LogP contribution in [0.25, 0.3) is 0 Å². The highest BCUT2D eigenvalue weighted by Gasteiger charge is 2.19. The van der Waals surface area contributed by atoms with Gasteiger partial charge in [0.25, 0.3) is 0 Å². The summed E-state index contributed by atoms with van der Waals surface area (Å²) in [6.07, 6.45) is 2.67. The molecule has 15 heavy (non-hydrogen) atoms. The van der Waals surface area contributed by atoms with E-state index in [2.05, 4.69) is 12.2 Å². The van der Waals surface area contributed by atoms with Crippen molar-refractivity contribution in [3.63, 3.8) is 0 Å². The summed E-state index contributed by atoms with van der Waals surface area (Å²) >= 11 is 0. The van der Waals surface area contributed by atoms with E-state index in [9.17, 15) is 0 Å². The lowest BCUT2D eigenvalue weighted by molar-refractivity contribution is 0.151. The molecule has 0 saturated heterocycles. The molecule has 1 heterocycles. The number of aliphatic hydroxyl groups is 1. The molecule has 0 aliphatic rings. The molecule has 86 valence electrons. The maximum Gasteiger partial charge on any atom is 0.120 e. The van der Waals surface area contributed by atoms with E-state index < -0.39 is 0 Å². The van der Waals surface area contributed by atoms with Crippen LogP contribution >= 0.6 is 0 Å². The van der Waals surface area contributed by atoms with Crippen LogP contribution in [0.5, 0.6) is 0 Å². The van der Waals surface area contributed by atoms with Crippen LogP contribution in [-0.4, -0.2) is 18.3 Å². The normalized spacial score (nSPS) is 14.1. The average Bonchev–Trinajstić information content (AvgIpc) is 2.72. The second-order valence-corrected chi connectivity index (χ2v) is 4.68. The first-order valence-electron chi connectivity index (χ1n) is 5.46. The summed E-state index contributed by atoms with van der Waals surface area (Å²) in [5.41, 5.74) is -0.0833. The number of hydrogen-bond acceptors (Lipinski definition) is 3. The summed E-state index contributed by atoms with van der Waals surface area (Å²) < 4.78 is 5.36. The Morgan fingerprint density at radius 2 is 2.27 bits per heavy atom. The first-order valence-corrected chi connectivity index (χ1v) is 5.46. The van der Waals surface area contributed by atoms with Crippen LogP contribution in [0.15, 0.2) is 22.8 Å². The molecule has 0 aliphatic carbocycles. The quantitative estimate of drug-likeness (QED) is 0.759. The fourth-order valence-electron chi connectivity index (χ4n) is 1.39. The van der Waals surface area contributed by atoms with Crippen molar-refractivity contribution in [2.24, 2.45) is 5.41 Å². The monoisotopic (exact) mass is 211 g/mol. The van der Waals surface area contributed by atoms with Crippen molar-refractivity contribution in [3.8, 4) is 0 Å². The number of nitrogens with one attached hydrogen (secondary N) is 1. The van der Waals surface area contributed by atoms with Gasteiger partial charge in [-0.25, -0.2) is 0 Å². The molecule has 1 atom stereocenters. The van der Waals surface area contributed by atoms with Crippen molar-refractivity contribution in [2.45, 2.75) is 33.2 Å². The first kappa shape index (κ1) is 12.3. The second kappa shape index (κ2) is 5.33. The fraction of sp³-hybridized carbons (Fsp3) is 0.667. The summed E-state index contributed by atoms with van der Waals surface area (Å²) in [4.78, 5) is 0. The predicted octanol–water partition coefficient (Wildman–Crippen LogP) is 2.34. The maximum absolute atomic E-state index is 9.15. The van der Waals surface area contributed by atoms with Gasteiger partial charge in [0, 0.05) is 18.6 Å². The van der Waals surface area contributed by atoms with E-state index >= 15 is 0 Å². The van der Waals surface area contributed by atoms with Gasteiger partial charge >= 0.3 is 0 Å². The Hall–Kier alpha value is -0.800. The van der Waals surface area contributed by atoms with Crippen LogP contribution in [0, 0.1) is 5.41 Å². The zero-order chi connectivity index (χ0) is 11.3. The van der Waals surface area contributed by atoms with Crippen molar-refractivity contribution in [3.05, 3.63) is 24.2 Å². The van der Waals surface area contributed by atoms with E-state index in [0.29, 0.717) is 0 Å². The van der Waals surface area contributed by atoms with Gasteiger partial charge in [0.05, 0.1) is 12.3 Å². The molecule has 3 heteroatoms. The zero-order valence-corrected chi connectivity index (χ0v) is 9.79. The van der Waals surface area contributed by atoms with Gasteiger partial charge in [-0.1, -0.05) is 20.8 Å². The van der Waals surface area contributed by atoms with Crippen LogP contribution in [0.4, 0.5) is 0 Å². The highest BCUT2D eigenvalue weighted by molar-refractivity contribution is 5.04.